The van der Waals surface area contributed by atoms with Crippen molar-refractivity contribution in [3.05, 3.63) is 52.9 Å². The number of thiazole rings is 1. The Hall–Kier alpha value is -3.06. The van der Waals surface area contributed by atoms with E-state index < -0.39 is 0 Å². The molecular weight excluding hydrogens is 376 g/mol. The van der Waals surface area contributed by atoms with Gasteiger partial charge in [-0.3, -0.25) is 10.1 Å². The van der Waals surface area contributed by atoms with Crippen molar-refractivity contribution in [2.75, 3.05) is 26.6 Å². The Bertz CT molecular complexity index is 967. The van der Waals surface area contributed by atoms with E-state index >= 15 is 0 Å². The summed E-state index contributed by atoms with van der Waals surface area (Å²) in [6.07, 6.45) is 0.825. The molecule has 3 rings (SSSR count). The minimum atomic E-state index is -0.251. The van der Waals surface area contributed by atoms with Crippen LogP contribution in [0.3, 0.4) is 0 Å². The van der Waals surface area contributed by atoms with Gasteiger partial charge in [0, 0.05) is 16.0 Å². The zero-order valence-electron chi connectivity index (χ0n) is 16.2. The number of carbonyl (C=O) groups is 1. The first-order chi connectivity index (χ1) is 13.6. The lowest BCUT2D eigenvalue weighted by molar-refractivity contribution is 0.102. The molecule has 0 unspecified atom stereocenters. The lowest BCUT2D eigenvalue weighted by Crippen LogP contribution is -2.12. The number of aryl methyl sites for hydroxylation is 1. The van der Waals surface area contributed by atoms with Gasteiger partial charge in [-0.2, -0.15) is 0 Å². The number of anilines is 1. The number of carbonyl (C=O) groups excluding carboxylic acids is 1. The lowest BCUT2D eigenvalue weighted by atomic mass is 10.1. The monoisotopic (exact) mass is 398 g/mol. The Kier molecular flexibility index (Phi) is 6.16. The number of benzene rings is 2. The predicted molar refractivity (Wildman–Crippen MR) is 111 cm³/mol. The van der Waals surface area contributed by atoms with Crippen LogP contribution in [-0.4, -0.2) is 32.2 Å². The highest BCUT2D eigenvalue weighted by atomic mass is 32.1. The molecule has 0 aliphatic heterocycles. The van der Waals surface area contributed by atoms with Gasteiger partial charge in [0.2, 0.25) is 0 Å². The summed E-state index contributed by atoms with van der Waals surface area (Å²) in [6.45, 7) is 2.07. The fourth-order valence-corrected chi connectivity index (χ4v) is 3.68. The summed E-state index contributed by atoms with van der Waals surface area (Å²) in [7, 11) is 4.73. The number of hydrogen-bond acceptors (Lipinski definition) is 6. The van der Waals surface area contributed by atoms with Gasteiger partial charge in [0.1, 0.15) is 5.75 Å². The third kappa shape index (κ3) is 4.09. The van der Waals surface area contributed by atoms with E-state index in [-0.39, 0.29) is 5.91 Å². The fraction of sp³-hybridized carbons (Fsp3) is 0.238. The number of hydrogen-bond donors (Lipinski definition) is 1. The largest absolute Gasteiger partial charge is 0.497 e. The second-order valence-corrected chi connectivity index (χ2v) is 6.98. The minimum Gasteiger partial charge on any atom is -0.497 e. The molecule has 0 aliphatic rings. The molecule has 1 aromatic heterocycles. The van der Waals surface area contributed by atoms with Crippen molar-refractivity contribution < 1.29 is 19.0 Å². The number of nitrogens with one attached hydrogen (secondary N) is 1. The topological polar surface area (TPSA) is 69.7 Å². The second-order valence-electron chi connectivity index (χ2n) is 5.90. The third-order valence-electron chi connectivity index (χ3n) is 4.25. The van der Waals surface area contributed by atoms with Gasteiger partial charge in [-0.25, -0.2) is 4.98 Å². The zero-order valence-corrected chi connectivity index (χ0v) is 17.1. The van der Waals surface area contributed by atoms with Crippen LogP contribution in [0.2, 0.25) is 0 Å². The molecule has 0 saturated heterocycles. The molecular formula is C21H22N2O4S. The van der Waals surface area contributed by atoms with Crippen LogP contribution in [0.5, 0.6) is 17.2 Å². The van der Waals surface area contributed by atoms with Crippen molar-refractivity contribution in [1.29, 1.82) is 0 Å². The van der Waals surface area contributed by atoms with E-state index in [1.807, 2.05) is 24.3 Å². The Balaban J connectivity index is 1.84. The number of rotatable bonds is 7. The van der Waals surface area contributed by atoms with E-state index in [9.17, 15) is 4.79 Å². The molecule has 0 fully saturated rings. The quantitative estimate of drug-likeness (QED) is 0.627. The van der Waals surface area contributed by atoms with Gasteiger partial charge in [-0.15, -0.1) is 11.3 Å². The summed E-state index contributed by atoms with van der Waals surface area (Å²) in [5.74, 6) is 1.61. The summed E-state index contributed by atoms with van der Waals surface area (Å²) in [5.41, 5.74) is 2.33. The smallest absolute Gasteiger partial charge is 0.257 e. The average molecular weight is 398 g/mol. The van der Waals surface area contributed by atoms with Crippen LogP contribution in [-0.2, 0) is 6.42 Å². The van der Waals surface area contributed by atoms with Crippen molar-refractivity contribution in [2.45, 2.75) is 13.3 Å². The lowest BCUT2D eigenvalue weighted by Gasteiger charge is -2.09. The summed E-state index contributed by atoms with van der Waals surface area (Å²) >= 11 is 1.47. The number of aromatic nitrogens is 1. The maximum absolute atomic E-state index is 12.7. The van der Waals surface area contributed by atoms with Gasteiger partial charge in [-0.1, -0.05) is 6.92 Å². The standard InChI is InChI=1S/C21H22N2O4S/c1-5-18-19(13-6-9-15(25-2)10-7-13)22-21(28-18)23-20(24)14-8-11-16(26-3)17(12-14)27-4/h6-12H,5H2,1-4H3,(H,22,23,24). The van der Waals surface area contributed by atoms with Crippen LogP contribution in [0, 0.1) is 0 Å². The van der Waals surface area contributed by atoms with Gasteiger partial charge in [0.15, 0.2) is 16.6 Å². The maximum atomic E-state index is 12.7. The van der Waals surface area contributed by atoms with Crippen molar-refractivity contribution in [3.63, 3.8) is 0 Å². The number of ether oxygens (including phenoxy) is 3. The molecule has 146 valence electrons. The SMILES string of the molecule is CCc1sc(NC(=O)c2ccc(OC)c(OC)c2)nc1-c1ccc(OC)cc1. The maximum Gasteiger partial charge on any atom is 0.257 e. The normalized spacial score (nSPS) is 10.4. The molecule has 1 heterocycles. The first kappa shape index (κ1) is 19.7. The molecule has 1 amide bonds. The molecule has 0 saturated carbocycles. The van der Waals surface area contributed by atoms with Crippen LogP contribution in [0.25, 0.3) is 11.3 Å². The van der Waals surface area contributed by atoms with Gasteiger partial charge >= 0.3 is 0 Å². The first-order valence-electron chi connectivity index (χ1n) is 8.77. The molecule has 0 radical (unpaired) electrons. The highest BCUT2D eigenvalue weighted by molar-refractivity contribution is 7.16. The predicted octanol–water partition coefficient (Wildman–Crippen LogP) is 4.65. The molecule has 28 heavy (non-hydrogen) atoms. The Morgan fingerprint density at radius 1 is 1.00 bits per heavy atom. The third-order valence-corrected chi connectivity index (χ3v) is 5.36. The molecule has 0 bridgehead atoms. The van der Waals surface area contributed by atoms with E-state index in [0.717, 1.165) is 28.3 Å². The average Bonchev–Trinajstić information content (AvgIpc) is 3.15. The Morgan fingerprint density at radius 3 is 2.32 bits per heavy atom. The number of nitrogens with zero attached hydrogens (tertiary/aromatic N) is 1. The summed E-state index contributed by atoms with van der Waals surface area (Å²) in [6, 6.07) is 12.8. The van der Waals surface area contributed by atoms with E-state index in [4.69, 9.17) is 14.2 Å². The zero-order chi connectivity index (χ0) is 20.1. The molecule has 1 N–H and O–H groups in total. The van der Waals surface area contributed by atoms with Crippen LogP contribution >= 0.6 is 11.3 Å². The number of amides is 1. The van der Waals surface area contributed by atoms with E-state index in [1.165, 1.54) is 18.4 Å². The fourth-order valence-electron chi connectivity index (χ4n) is 2.77. The van der Waals surface area contributed by atoms with Crippen molar-refractivity contribution >= 4 is 22.4 Å². The molecule has 0 aliphatic carbocycles. The van der Waals surface area contributed by atoms with Gasteiger partial charge < -0.3 is 14.2 Å². The van der Waals surface area contributed by atoms with Crippen LogP contribution in [0.4, 0.5) is 5.13 Å². The molecule has 2 aromatic carbocycles. The van der Waals surface area contributed by atoms with Crippen LogP contribution < -0.4 is 19.5 Å². The summed E-state index contributed by atoms with van der Waals surface area (Å²) < 4.78 is 15.7. The van der Waals surface area contributed by atoms with Crippen molar-refractivity contribution in [1.82, 2.24) is 4.98 Å². The van der Waals surface area contributed by atoms with Crippen LogP contribution in [0.15, 0.2) is 42.5 Å². The first-order valence-corrected chi connectivity index (χ1v) is 9.58. The van der Waals surface area contributed by atoms with Crippen LogP contribution in [0.1, 0.15) is 22.2 Å². The van der Waals surface area contributed by atoms with Crippen molar-refractivity contribution in [2.24, 2.45) is 0 Å². The molecule has 0 atom stereocenters. The molecule has 6 nitrogen and oxygen atoms in total. The highest BCUT2D eigenvalue weighted by Gasteiger charge is 2.16. The van der Waals surface area contributed by atoms with E-state index in [1.54, 1.807) is 32.4 Å². The second kappa shape index (κ2) is 8.75. The Morgan fingerprint density at radius 2 is 1.71 bits per heavy atom. The molecule has 3 aromatic rings. The van der Waals surface area contributed by atoms with Gasteiger partial charge in [0.05, 0.1) is 27.0 Å². The van der Waals surface area contributed by atoms with Gasteiger partial charge in [0.25, 0.3) is 5.91 Å². The highest BCUT2D eigenvalue weighted by Crippen LogP contribution is 2.33. The Labute approximate surface area is 168 Å². The van der Waals surface area contributed by atoms with E-state index in [2.05, 4.69) is 17.2 Å². The minimum absolute atomic E-state index is 0.251. The summed E-state index contributed by atoms with van der Waals surface area (Å²) in [5, 5.41) is 3.44. The molecule has 7 heteroatoms. The van der Waals surface area contributed by atoms with E-state index in [0.29, 0.717) is 22.2 Å². The summed E-state index contributed by atoms with van der Waals surface area (Å²) in [4.78, 5) is 18.4. The van der Waals surface area contributed by atoms with Gasteiger partial charge in [-0.05, 0) is 48.9 Å². The number of methoxy groups -OCH3 is 3. The molecule has 0 spiro atoms. The van der Waals surface area contributed by atoms with Crippen molar-refractivity contribution in [3.8, 4) is 28.5 Å².